The van der Waals surface area contributed by atoms with Crippen molar-refractivity contribution in [3.63, 3.8) is 0 Å². The third-order valence-electron chi connectivity index (χ3n) is 1.43. The molecule has 10 heavy (non-hydrogen) atoms. The molecule has 0 bridgehead atoms. The van der Waals surface area contributed by atoms with Crippen LogP contribution in [-0.2, 0) is 0 Å². The largest absolute Gasteiger partial charge is 0.115 e. The molecule has 0 nitrogen and oxygen atoms in total. The molecule has 0 aromatic heterocycles. The van der Waals surface area contributed by atoms with Crippen LogP contribution in [0.5, 0.6) is 0 Å². The molecular weight excluding hydrogens is 142 g/mol. The molecule has 0 unspecified atom stereocenters. The van der Waals surface area contributed by atoms with Crippen molar-refractivity contribution in [2.75, 3.05) is 0 Å². The van der Waals surface area contributed by atoms with Crippen LogP contribution in [0.25, 0.3) is 0 Å². The van der Waals surface area contributed by atoms with Crippen molar-refractivity contribution in [3.8, 4) is 0 Å². The molecule has 0 aliphatic heterocycles. The SMILES string of the molecule is [B]c1cc(C)cc(C)c1Cl. The Bertz CT molecular complexity index is 232. The minimum absolute atomic E-state index is 0.666. The molecule has 0 heterocycles. The maximum atomic E-state index is 5.82. The Kier molecular flexibility index (Phi) is 2.05. The lowest BCUT2D eigenvalue weighted by Crippen LogP contribution is -2.05. The van der Waals surface area contributed by atoms with Gasteiger partial charge >= 0.3 is 0 Å². The fraction of sp³-hybridized carbons (Fsp3) is 0.250. The first-order chi connectivity index (χ1) is 4.61. The number of rotatable bonds is 0. The predicted octanol–water partition coefficient (Wildman–Crippen LogP) is 1.75. The monoisotopic (exact) mass is 150 g/mol. The molecule has 0 aliphatic rings. The summed E-state index contributed by atoms with van der Waals surface area (Å²) in [6.45, 7) is 3.95. The third kappa shape index (κ3) is 1.35. The number of halogens is 1. The Morgan fingerprint density at radius 3 is 2.40 bits per heavy atom. The topological polar surface area (TPSA) is 0 Å². The van der Waals surface area contributed by atoms with Crippen LogP contribution in [0.3, 0.4) is 0 Å². The van der Waals surface area contributed by atoms with E-state index >= 15 is 0 Å². The summed E-state index contributed by atoms with van der Waals surface area (Å²) in [6, 6.07) is 3.88. The third-order valence-corrected chi connectivity index (χ3v) is 1.94. The van der Waals surface area contributed by atoms with E-state index in [-0.39, 0.29) is 0 Å². The molecule has 1 aromatic rings. The van der Waals surface area contributed by atoms with Crippen LogP contribution >= 0.6 is 11.6 Å². The Balaban J connectivity index is 3.31. The molecule has 0 saturated heterocycles. The second kappa shape index (κ2) is 2.67. The molecule has 1 aromatic carbocycles. The lowest BCUT2D eigenvalue weighted by molar-refractivity contribution is 1.40. The molecular formula is C8H8BCl. The summed E-state index contributed by atoms with van der Waals surface area (Å²) in [5.74, 6) is 0. The zero-order chi connectivity index (χ0) is 7.72. The van der Waals surface area contributed by atoms with Crippen LogP contribution in [0.4, 0.5) is 0 Å². The average molecular weight is 150 g/mol. The van der Waals surface area contributed by atoms with Gasteiger partial charge in [-0.05, 0) is 19.4 Å². The smallest absolute Gasteiger partial charge is 0.0847 e. The Hall–Kier alpha value is -0.425. The van der Waals surface area contributed by atoms with Gasteiger partial charge in [0.25, 0.3) is 0 Å². The van der Waals surface area contributed by atoms with Crippen molar-refractivity contribution in [2.24, 2.45) is 0 Å². The van der Waals surface area contributed by atoms with Gasteiger partial charge in [-0.15, -0.1) is 0 Å². The molecule has 0 N–H and O–H groups in total. The summed E-state index contributed by atoms with van der Waals surface area (Å²) < 4.78 is 0. The van der Waals surface area contributed by atoms with E-state index in [4.69, 9.17) is 19.4 Å². The molecule has 0 amide bonds. The zero-order valence-corrected chi connectivity index (χ0v) is 6.87. The second-order valence-corrected chi connectivity index (χ2v) is 2.86. The number of hydrogen-bond donors (Lipinski definition) is 0. The van der Waals surface area contributed by atoms with Gasteiger partial charge in [-0.25, -0.2) is 0 Å². The summed E-state index contributed by atoms with van der Waals surface area (Å²) in [5.41, 5.74) is 2.86. The van der Waals surface area contributed by atoms with Crippen molar-refractivity contribution < 1.29 is 0 Å². The van der Waals surface area contributed by atoms with E-state index in [2.05, 4.69) is 0 Å². The van der Waals surface area contributed by atoms with E-state index in [1.807, 2.05) is 26.0 Å². The lowest BCUT2D eigenvalue weighted by Gasteiger charge is -2.03. The molecule has 0 spiro atoms. The highest BCUT2D eigenvalue weighted by atomic mass is 35.5. The van der Waals surface area contributed by atoms with Crippen LogP contribution in [0.1, 0.15) is 11.1 Å². The first kappa shape index (κ1) is 7.68. The van der Waals surface area contributed by atoms with E-state index in [1.165, 1.54) is 0 Å². The van der Waals surface area contributed by atoms with Gasteiger partial charge in [0.1, 0.15) is 7.85 Å². The Labute approximate surface area is 67.6 Å². The summed E-state index contributed by atoms with van der Waals surface area (Å²) >= 11 is 5.82. The van der Waals surface area contributed by atoms with Crippen LogP contribution in [0, 0.1) is 13.8 Å². The van der Waals surface area contributed by atoms with E-state index in [0.29, 0.717) is 10.5 Å². The predicted molar refractivity (Wildman–Crippen MR) is 46.3 cm³/mol. The minimum Gasteiger partial charge on any atom is -0.0847 e. The molecule has 0 aliphatic carbocycles. The molecule has 0 atom stereocenters. The Morgan fingerprint density at radius 2 is 1.90 bits per heavy atom. The summed E-state index contributed by atoms with van der Waals surface area (Å²) in [5, 5.41) is 0.672. The molecule has 0 saturated carbocycles. The molecule has 0 fully saturated rings. The van der Waals surface area contributed by atoms with E-state index in [1.54, 1.807) is 0 Å². The first-order valence-electron chi connectivity index (χ1n) is 3.13. The maximum absolute atomic E-state index is 5.82. The standard InChI is InChI=1S/C8H8BCl/c1-5-3-6(2)8(10)7(9)4-5/h3-4H,1-2H3. The fourth-order valence-electron chi connectivity index (χ4n) is 0.983. The summed E-state index contributed by atoms with van der Waals surface area (Å²) in [7, 11) is 5.59. The minimum atomic E-state index is 0.666. The molecule has 2 heteroatoms. The van der Waals surface area contributed by atoms with Gasteiger partial charge in [0.2, 0.25) is 0 Å². The van der Waals surface area contributed by atoms with Gasteiger partial charge in [0.15, 0.2) is 0 Å². The lowest BCUT2D eigenvalue weighted by atomic mass is 9.92. The number of aryl methyl sites for hydroxylation is 2. The average Bonchev–Trinajstić information content (AvgIpc) is 1.82. The van der Waals surface area contributed by atoms with Crippen molar-refractivity contribution in [2.45, 2.75) is 13.8 Å². The van der Waals surface area contributed by atoms with Gasteiger partial charge in [-0.3, -0.25) is 0 Å². The van der Waals surface area contributed by atoms with Crippen molar-refractivity contribution in [1.82, 2.24) is 0 Å². The zero-order valence-electron chi connectivity index (χ0n) is 6.11. The van der Waals surface area contributed by atoms with Crippen LogP contribution in [-0.4, -0.2) is 7.85 Å². The van der Waals surface area contributed by atoms with Gasteiger partial charge in [-0.2, -0.15) is 0 Å². The van der Waals surface area contributed by atoms with Gasteiger partial charge < -0.3 is 0 Å². The Morgan fingerprint density at radius 1 is 1.30 bits per heavy atom. The van der Waals surface area contributed by atoms with Gasteiger partial charge in [0.05, 0.1) is 0 Å². The van der Waals surface area contributed by atoms with Crippen LogP contribution < -0.4 is 5.46 Å². The normalized spacial score (nSPS) is 9.90. The van der Waals surface area contributed by atoms with Crippen molar-refractivity contribution >= 4 is 24.9 Å². The summed E-state index contributed by atoms with van der Waals surface area (Å²) in [6.07, 6.45) is 0. The van der Waals surface area contributed by atoms with Crippen molar-refractivity contribution in [1.29, 1.82) is 0 Å². The highest BCUT2D eigenvalue weighted by molar-refractivity contribution is 6.45. The molecule has 50 valence electrons. The fourth-order valence-corrected chi connectivity index (χ4v) is 1.09. The van der Waals surface area contributed by atoms with Gasteiger partial charge in [0, 0.05) is 5.02 Å². The highest BCUT2D eigenvalue weighted by Gasteiger charge is 1.97. The quantitative estimate of drug-likeness (QED) is 0.494. The highest BCUT2D eigenvalue weighted by Crippen LogP contribution is 2.12. The second-order valence-electron chi connectivity index (χ2n) is 2.49. The van der Waals surface area contributed by atoms with Crippen LogP contribution in [0.15, 0.2) is 12.1 Å². The maximum Gasteiger partial charge on any atom is 0.115 e. The van der Waals surface area contributed by atoms with E-state index in [0.717, 1.165) is 11.1 Å². The van der Waals surface area contributed by atoms with Crippen molar-refractivity contribution in [3.05, 3.63) is 28.3 Å². The van der Waals surface area contributed by atoms with Gasteiger partial charge in [-0.1, -0.05) is 34.8 Å². The first-order valence-corrected chi connectivity index (χ1v) is 3.51. The number of hydrogen-bond acceptors (Lipinski definition) is 0. The van der Waals surface area contributed by atoms with E-state index < -0.39 is 0 Å². The van der Waals surface area contributed by atoms with E-state index in [9.17, 15) is 0 Å². The molecule has 2 radical (unpaired) electrons. The van der Waals surface area contributed by atoms with Crippen LogP contribution in [0.2, 0.25) is 5.02 Å². The number of benzene rings is 1. The molecule has 1 rings (SSSR count). The summed E-state index contributed by atoms with van der Waals surface area (Å²) in [4.78, 5) is 0.